The van der Waals surface area contributed by atoms with Crippen LogP contribution in [0.3, 0.4) is 0 Å². The summed E-state index contributed by atoms with van der Waals surface area (Å²) in [4.78, 5) is 11.2. The molecule has 1 N–H and O–H groups in total. The van der Waals surface area contributed by atoms with Crippen LogP contribution in [0.4, 0.5) is 0 Å². The molecule has 4 heteroatoms. The Morgan fingerprint density at radius 1 is 1.29 bits per heavy atom. The highest BCUT2D eigenvalue weighted by Gasteiger charge is 2.31. The maximum Gasteiger partial charge on any atom is 0.304 e. The predicted octanol–water partition coefficient (Wildman–Crippen LogP) is 3.72. The van der Waals surface area contributed by atoms with Gasteiger partial charge in [-0.25, -0.2) is 0 Å². The van der Waals surface area contributed by atoms with Gasteiger partial charge in [-0.2, -0.15) is 0 Å². The van der Waals surface area contributed by atoms with E-state index in [1.54, 1.807) is 0 Å². The van der Waals surface area contributed by atoms with E-state index in [0.29, 0.717) is 13.2 Å². The lowest BCUT2D eigenvalue weighted by Gasteiger charge is -2.29. The minimum Gasteiger partial charge on any atom is -0.490 e. The molecule has 116 valence electrons. The second-order valence-electron chi connectivity index (χ2n) is 6.51. The largest absolute Gasteiger partial charge is 0.490 e. The van der Waals surface area contributed by atoms with Crippen LogP contribution >= 0.6 is 0 Å². The first-order valence-electron chi connectivity index (χ1n) is 7.47. The summed E-state index contributed by atoms with van der Waals surface area (Å²) in [5.41, 5.74) is 1.65. The fourth-order valence-corrected chi connectivity index (χ4v) is 2.89. The number of hydrogen-bond acceptors (Lipinski definition) is 3. The number of carboxylic acids is 1. The maximum absolute atomic E-state index is 11.2. The second-order valence-corrected chi connectivity index (χ2v) is 6.51. The van der Waals surface area contributed by atoms with Crippen molar-refractivity contribution in [3.8, 4) is 11.5 Å². The van der Waals surface area contributed by atoms with Gasteiger partial charge in [0, 0.05) is 17.4 Å². The lowest BCUT2D eigenvalue weighted by Crippen LogP contribution is -2.24. The minimum absolute atomic E-state index is 0.0896. The fraction of sp³-hybridized carbons (Fsp3) is 0.588. The average Bonchev–Trinajstić information content (AvgIpc) is 2.60. The van der Waals surface area contributed by atoms with Crippen LogP contribution in [0.5, 0.6) is 11.5 Å². The van der Waals surface area contributed by atoms with Gasteiger partial charge >= 0.3 is 5.97 Å². The van der Waals surface area contributed by atoms with E-state index in [1.165, 1.54) is 0 Å². The smallest absolute Gasteiger partial charge is 0.304 e. The van der Waals surface area contributed by atoms with E-state index in [4.69, 9.17) is 14.6 Å². The van der Waals surface area contributed by atoms with Gasteiger partial charge in [0.2, 0.25) is 0 Å². The molecule has 1 heterocycles. The van der Waals surface area contributed by atoms with Crippen LogP contribution in [-0.4, -0.2) is 24.3 Å². The number of rotatable bonds is 4. The Kier molecular flexibility index (Phi) is 4.45. The molecule has 1 aliphatic heterocycles. The summed E-state index contributed by atoms with van der Waals surface area (Å²) in [6.45, 7) is 9.42. The molecule has 0 saturated heterocycles. The molecule has 0 spiro atoms. The van der Waals surface area contributed by atoms with Crippen molar-refractivity contribution in [2.45, 2.75) is 51.9 Å². The van der Waals surface area contributed by atoms with E-state index in [0.717, 1.165) is 29.0 Å². The van der Waals surface area contributed by atoms with E-state index in [2.05, 4.69) is 13.8 Å². The highest BCUT2D eigenvalue weighted by molar-refractivity contribution is 5.69. The van der Waals surface area contributed by atoms with E-state index in [9.17, 15) is 4.79 Å². The molecule has 0 amide bonds. The lowest BCUT2D eigenvalue weighted by molar-refractivity contribution is -0.138. The molecule has 0 aliphatic carbocycles. The maximum atomic E-state index is 11.2. The van der Waals surface area contributed by atoms with E-state index >= 15 is 0 Å². The molecule has 1 aromatic rings. The van der Waals surface area contributed by atoms with Crippen molar-refractivity contribution in [3.63, 3.8) is 0 Å². The Morgan fingerprint density at radius 2 is 1.95 bits per heavy atom. The summed E-state index contributed by atoms with van der Waals surface area (Å²) in [7, 11) is 0. The van der Waals surface area contributed by atoms with Crippen molar-refractivity contribution in [2.24, 2.45) is 0 Å². The van der Waals surface area contributed by atoms with Crippen LogP contribution in [-0.2, 0) is 10.2 Å². The Balaban J connectivity index is 2.56. The predicted molar refractivity (Wildman–Crippen MR) is 81.4 cm³/mol. The number of carboxylic acid groups (broad SMARTS) is 1. The van der Waals surface area contributed by atoms with Crippen molar-refractivity contribution in [1.82, 2.24) is 0 Å². The van der Waals surface area contributed by atoms with Crippen molar-refractivity contribution in [1.29, 1.82) is 0 Å². The Morgan fingerprint density at radius 3 is 2.57 bits per heavy atom. The molecule has 1 aliphatic rings. The van der Waals surface area contributed by atoms with E-state index < -0.39 is 11.4 Å². The molecule has 0 fully saturated rings. The van der Waals surface area contributed by atoms with Gasteiger partial charge in [0.25, 0.3) is 0 Å². The molecule has 4 nitrogen and oxygen atoms in total. The van der Waals surface area contributed by atoms with E-state index in [1.807, 2.05) is 26.0 Å². The first kappa shape index (κ1) is 15.7. The summed E-state index contributed by atoms with van der Waals surface area (Å²) in [5, 5.41) is 9.17. The number of fused-ring (bicyclic) bond motifs is 1. The van der Waals surface area contributed by atoms with Crippen LogP contribution in [0.15, 0.2) is 12.1 Å². The monoisotopic (exact) mass is 292 g/mol. The molecule has 2 rings (SSSR count). The summed E-state index contributed by atoms with van der Waals surface area (Å²) in [5.74, 6) is 1.01. The van der Waals surface area contributed by atoms with Gasteiger partial charge in [0.1, 0.15) is 0 Å². The number of aliphatic carboxylic acids is 1. The molecule has 0 atom stereocenters. The Labute approximate surface area is 126 Å². The van der Waals surface area contributed by atoms with Gasteiger partial charge < -0.3 is 14.6 Å². The average molecular weight is 292 g/mol. The molecule has 21 heavy (non-hydrogen) atoms. The number of hydrogen-bond donors (Lipinski definition) is 1. The first-order valence-corrected chi connectivity index (χ1v) is 7.47. The zero-order valence-corrected chi connectivity index (χ0v) is 13.2. The fourth-order valence-electron chi connectivity index (χ4n) is 2.89. The standard InChI is InChI=1S/C17H24O4/c1-11(2)15-12(17(3,4)10-14(18)19)6-7-13-16(15)21-9-5-8-20-13/h6-7,11H,5,8-10H2,1-4H3,(H,18,19). The number of carbonyl (C=O) groups is 1. The third-order valence-corrected chi connectivity index (χ3v) is 3.85. The van der Waals surface area contributed by atoms with Crippen molar-refractivity contribution in [3.05, 3.63) is 23.3 Å². The van der Waals surface area contributed by atoms with Crippen molar-refractivity contribution >= 4 is 5.97 Å². The third-order valence-electron chi connectivity index (χ3n) is 3.85. The highest BCUT2D eigenvalue weighted by Crippen LogP contribution is 2.44. The molecule has 0 aromatic heterocycles. The normalized spacial score (nSPS) is 14.9. The highest BCUT2D eigenvalue weighted by atomic mass is 16.5. The zero-order chi connectivity index (χ0) is 15.6. The molecule has 0 radical (unpaired) electrons. The zero-order valence-electron chi connectivity index (χ0n) is 13.2. The van der Waals surface area contributed by atoms with Crippen LogP contribution in [0, 0.1) is 0 Å². The summed E-state index contributed by atoms with van der Waals surface area (Å²) < 4.78 is 11.7. The van der Waals surface area contributed by atoms with Crippen molar-refractivity contribution in [2.75, 3.05) is 13.2 Å². The quantitative estimate of drug-likeness (QED) is 0.918. The first-order chi connectivity index (χ1) is 9.83. The van der Waals surface area contributed by atoms with Crippen molar-refractivity contribution < 1.29 is 19.4 Å². The Hall–Kier alpha value is -1.71. The van der Waals surface area contributed by atoms with Gasteiger partial charge in [-0.05, 0) is 17.5 Å². The summed E-state index contributed by atoms with van der Waals surface area (Å²) in [6, 6.07) is 3.90. The van der Waals surface area contributed by atoms with Gasteiger partial charge in [-0.3, -0.25) is 4.79 Å². The summed E-state index contributed by atoms with van der Waals surface area (Å²) >= 11 is 0. The molecule has 0 bridgehead atoms. The molecule has 0 unspecified atom stereocenters. The van der Waals surface area contributed by atoms with E-state index in [-0.39, 0.29) is 12.3 Å². The van der Waals surface area contributed by atoms with Crippen LogP contribution in [0.2, 0.25) is 0 Å². The van der Waals surface area contributed by atoms with Crippen LogP contribution in [0.25, 0.3) is 0 Å². The molecule has 0 saturated carbocycles. The minimum atomic E-state index is -0.790. The van der Waals surface area contributed by atoms with Crippen LogP contribution < -0.4 is 9.47 Å². The Bertz CT molecular complexity index is 532. The number of benzene rings is 1. The van der Waals surface area contributed by atoms with Gasteiger partial charge in [-0.15, -0.1) is 0 Å². The molecular weight excluding hydrogens is 268 g/mol. The summed E-state index contributed by atoms with van der Waals surface area (Å²) in [6.07, 6.45) is 0.951. The third kappa shape index (κ3) is 3.31. The SMILES string of the molecule is CC(C)c1c(C(C)(C)CC(=O)O)ccc2c1OCCCO2. The number of ether oxygens (including phenoxy) is 2. The van der Waals surface area contributed by atoms with Crippen LogP contribution in [0.1, 0.15) is 57.6 Å². The topological polar surface area (TPSA) is 55.8 Å². The second kappa shape index (κ2) is 5.96. The van der Waals surface area contributed by atoms with Gasteiger partial charge in [0.15, 0.2) is 11.5 Å². The van der Waals surface area contributed by atoms with Gasteiger partial charge in [-0.1, -0.05) is 33.8 Å². The molecular formula is C17H24O4. The molecule has 1 aromatic carbocycles. The lowest BCUT2D eigenvalue weighted by atomic mass is 9.76. The van der Waals surface area contributed by atoms with Gasteiger partial charge in [0.05, 0.1) is 19.6 Å².